The van der Waals surface area contributed by atoms with E-state index in [1.165, 1.54) is 11.8 Å². The van der Waals surface area contributed by atoms with Crippen molar-refractivity contribution in [2.45, 2.75) is 12.2 Å². The predicted molar refractivity (Wildman–Crippen MR) is 172 cm³/mol. The van der Waals surface area contributed by atoms with Crippen molar-refractivity contribution >= 4 is 29.4 Å². The molecule has 5 rings (SSSR count). The van der Waals surface area contributed by atoms with Crippen LogP contribution in [-0.2, 0) is 9.59 Å². The van der Waals surface area contributed by atoms with E-state index in [9.17, 15) is 9.59 Å². The number of amides is 2. The number of likely N-dealkylation sites (N-methyl/N-ethyl adjacent to an activating group) is 1. The topological polar surface area (TPSA) is 88.9 Å². The zero-order valence-corrected chi connectivity index (χ0v) is 26.0. The van der Waals surface area contributed by atoms with Crippen LogP contribution in [0.25, 0.3) is 16.9 Å². The Morgan fingerprint density at radius 2 is 1.79 bits per heavy atom. The minimum atomic E-state index is -0.283. The van der Waals surface area contributed by atoms with Gasteiger partial charge in [-0.1, -0.05) is 48.5 Å². The van der Waals surface area contributed by atoms with Crippen molar-refractivity contribution in [3.63, 3.8) is 0 Å². The van der Waals surface area contributed by atoms with E-state index in [-0.39, 0.29) is 29.4 Å². The van der Waals surface area contributed by atoms with Crippen molar-refractivity contribution in [2.24, 2.45) is 0 Å². The number of hydrogen-bond acceptors (Lipinski definition) is 7. The van der Waals surface area contributed by atoms with Crippen LogP contribution in [0.15, 0.2) is 72.8 Å². The van der Waals surface area contributed by atoms with Gasteiger partial charge in [0.15, 0.2) is 11.5 Å². The number of nitrogens with zero attached hydrogens (tertiary/aromatic N) is 4. The Bertz CT molecular complexity index is 1600. The minimum absolute atomic E-state index is 0.121. The molecular weight excluding hydrogens is 562 g/mol. The summed E-state index contributed by atoms with van der Waals surface area (Å²) in [5.41, 5.74) is 5.33. The van der Waals surface area contributed by atoms with Gasteiger partial charge >= 0.3 is 0 Å². The first kappa shape index (κ1) is 30.2. The standard InChI is InChI=1S/C33H37N5O4S/c1-22-10-9-13-25(18-22)38-33-30(31(35-38)23-11-7-6-8-12-23)32(24-14-15-26(41-4)27(19-24)42-5)43-21-29(40)37(33)20-28(39)34-16-17-36(2)3/h6-15,18-19,32H,16-17,20-21H2,1-5H3,(H,34,39)/t32-/m0/s1. The minimum Gasteiger partial charge on any atom is -0.493 e. The molecule has 224 valence electrons. The van der Waals surface area contributed by atoms with Crippen LogP contribution >= 0.6 is 11.8 Å². The second-order valence-corrected chi connectivity index (χ2v) is 11.7. The lowest BCUT2D eigenvalue weighted by molar-refractivity contribution is -0.122. The average molecular weight is 600 g/mol. The molecule has 0 fully saturated rings. The van der Waals surface area contributed by atoms with Gasteiger partial charge in [-0.3, -0.25) is 14.5 Å². The Balaban J connectivity index is 1.74. The number of aromatic nitrogens is 2. The Morgan fingerprint density at radius 1 is 1.02 bits per heavy atom. The second kappa shape index (κ2) is 13.4. The van der Waals surface area contributed by atoms with Gasteiger partial charge in [-0.2, -0.15) is 5.10 Å². The summed E-state index contributed by atoms with van der Waals surface area (Å²) < 4.78 is 13.0. The smallest absolute Gasteiger partial charge is 0.240 e. The number of benzene rings is 3. The highest BCUT2D eigenvalue weighted by Gasteiger charge is 2.38. The van der Waals surface area contributed by atoms with E-state index in [4.69, 9.17) is 14.6 Å². The largest absolute Gasteiger partial charge is 0.493 e. The van der Waals surface area contributed by atoms with E-state index in [1.807, 2.05) is 103 Å². The fraction of sp³-hybridized carbons (Fsp3) is 0.303. The van der Waals surface area contributed by atoms with Crippen LogP contribution in [0.3, 0.4) is 0 Å². The van der Waals surface area contributed by atoms with Gasteiger partial charge in [0.05, 0.1) is 36.6 Å². The molecule has 3 aromatic carbocycles. The van der Waals surface area contributed by atoms with E-state index in [0.717, 1.165) is 33.6 Å². The number of nitrogens with one attached hydrogen (secondary N) is 1. The third kappa shape index (κ3) is 6.55. The molecule has 0 bridgehead atoms. The summed E-state index contributed by atoms with van der Waals surface area (Å²) in [5.74, 6) is 1.60. The highest BCUT2D eigenvalue weighted by Crippen LogP contribution is 2.49. The van der Waals surface area contributed by atoms with Gasteiger partial charge in [0.2, 0.25) is 11.8 Å². The van der Waals surface area contributed by atoms with Gasteiger partial charge in [-0.25, -0.2) is 4.68 Å². The maximum atomic E-state index is 13.9. The summed E-state index contributed by atoms with van der Waals surface area (Å²) in [6, 6.07) is 23.8. The van der Waals surface area contributed by atoms with Crippen LogP contribution in [0, 0.1) is 6.92 Å². The molecule has 0 unspecified atom stereocenters. The highest BCUT2D eigenvalue weighted by atomic mass is 32.2. The zero-order valence-electron chi connectivity index (χ0n) is 25.2. The molecular formula is C33H37N5O4S. The number of rotatable bonds is 10. The lowest BCUT2D eigenvalue weighted by Gasteiger charge is -2.23. The molecule has 1 aliphatic rings. The first-order valence-corrected chi connectivity index (χ1v) is 15.2. The first-order chi connectivity index (χ1) is 20.8. The maximum absolute atomic E-state index is 13.9. The summed E-state index contributed by atoms with van der Waals surface area (Å²) in [7, 11) is 7.12. The molecule has 43 heavy (non-hydrogen) atoms. The Morgan fingerprint density at radius 3 is 2.49 bits per heavy atom. The Kier molecular flexibility index (Phi) is 9.37. The highest BCUT2D eigenvalue weighted by molar-refractivity contribution is 8.00. The summed E-state index contributed by atoms with van der Waals surface area (Å²) in [6.07, 6.45) is 0. The van der Waals surface area contributed by atoms with E-state index >= 15 is 0 Å². The number of aryl methyl sites for hydroxylation is 1. The molecule has 1 aliphatic heterocycles. The molecule has 4 aromatic rings. The van der Waals surface area contributed by atoms with Crippen molar-refractivity contribution in [3.05, 3.63) is 89.5 Å². The van der Waals surface area contributed by atoms with Crippen LogP contribution in [0.2, 0.25) is 0 Å². The van der Waals surface area contributed by atoms with Gasteiger partial charge in [0.1, 0.15) is 12.4 Å². The molecule has 0 saturated carbocycles. The van der Waals surface area contributed by atoms with Crippen molar-refractivity contribution < 1.29 is 19.1 Å². The van der Waals surface area contributed by atoms with Crippen molar-refractivity contribution in [2.75, 3.05) is 58.6 Å². The number of anilines is 1. The van der Waals surface area contributed by atoms with Gasteiger partial charge in [-0.15, -0.1) is 11.8 Å². The average Bonchev–Trinajstić information content (AvgIpc) is 3.33. The number of carbonyl (C=O) groups excluding carboxylic acids is 2. The van der Waals surface area contributed by atoms with Crippen LogP contribution in [0.1, 0.15) is 21.9 Å². The molecule has 10 heteroatoms. The second-order valence-electron chi connectivity index (χ2n) is 10.6. The van der Waals surface area contributed by atoms with E-state index in [2.05, 4.69) is 5.32 Å². The summed E-state index contributed by atoms with van der Waals surface area (Å²) >= 11 is 1.51. The molecule has 0 radical (unpaired) electrons. The zero-order chi connectivity index (χ0) is 30.5. The number of methoxy groups -OCH3 is 2. The summed E-state index contributed by atoms with van der Waals surface area (Å²) in [4.78, 5) is 30.8. The van der Waals surface area contributed by atoms with Crippen LogP contribution < -0.4 is 19.7 Å². The molecule has 2 amide bonds. The van der Waals surface area contributed by atoms with Crippen molar-refractivity contribution in [1.29, 1.82) is 0 Å². The molecule has 1 atom stereocenters. The number of carbonyl (C=O) groups is 2. The van der Waals surface area contributed by atoms with Gasteiger partial charge in [0.25, 0.3) is 0 Å². The molecule has 0 aliphatic carbocycles. The molecule has 0 spiro atoms. The maximum Gasteiger partial charge on any atom is 0.240 e. The van der Waals surface area contributed by atoms with Crippen LogP contribution in [-0.4, -0.2) is 80.2 Å². The molecule has 0 saturated heterocycles. The third-order valence-electron chi connectivity index (χ3n) is 7.28. The Hall–Kier alpha value is -4.28. The summed E-state index contributed by atoms with van der Waals surface area (Å²) in [6.45, 7) is 3.08. The molecule has 9 nitrogen and oxygen atoms in total. The van der Waals surface area contributed by atoms with Crippen molar-refractivity contribution in [3.8, 4) is 28.4 Å². The predicted octanol–water partition coefficient (Wildman–Crippen LogP) is 4.71. The number of ether oxygens (including phenoxy) is 2. The number of hydrogen-bond donors (Lipinski definition) is 1. The van der Waals surface area contributed by atoms with Crippen molar-refractivity contribution in [1.82, 2.24) is 20.0 Å². The van der Waals surface area contributed by atoms with E-state index in [1.54, 1.807) is 19.1 Å². The normalized spacial score (nSPS) is 14.8. The number of thioether (sulfide) groups is 1. The molecule has 2 heterocycles. The van der Waals surface area contributed by atoms with Crippen LogP contribution in [0.5, 0.6) is 11.5 Å². The van der Waals surface area contributed by atoms with E-state index < -0.39 is 0 Å². The Labute approximate surface area is 256 Å². The van der Waals surface area contributed by atoms with Gasteiger partial charge < -0.3 is 19.7 Å². The third-order valence-corrected chi connectivity index (χ3v) is 8.53. The molecule has 1 aromatic heterocycles. The first-order valence-electron chi connectivity index (χ1n) is 14.1. The SMILES string of the molecule is COc1ccc([C@@H]2SCC(=O)N(CC(=O)NCCN(C)C)c3c2c(-c2ccccc2)nn3-c2cccc(C)c2)cc1OC. The quantitative estimate of drug-likeness (QED) is 0.282. The van der Waals surface area contributed by atoms with E-state index in [0.29, 0.717) is 30.4 Å². The lowest BCUT2D eigenvalue weighted by atomic mass is 9.99. The van der Waals surface area contributed by atoms with Crippen LogP contribution in [0.4, 0.5) is 5.82 Å². The fourth-order valence-corrected chi connectivity index (χ4v) is 6.35. The lowest BCUT2D eigenvalue weighted by Crippen LogP contribution is -2.43. The summed E-state index contributed by atoms with van der Waals surface area (Å²) in [5, 5.41) is 7.85. The van der Waals surface area contributed by atoms with Gasteiger partial charge in [-0.05, 0) is 56.4 Å². The molecule has 1 N–H and O–H groups in total. The monoisotopic (exact) mass is 599 g/mol. The number of fused-ring (bicyclic) bond motifs is 1. The van der Waals surface area contributed by atoms with Gasteiger partial charge in [0, 0.05) is 24.2 Å². The fourth-order valence-electron chi connectivity index (χ4n) is 5.17.